The Morgan fingerprint density at radius 3 is 2.83 bits per heavy atom. The summed E-state index contributed by atoms with van der Waals surface area (Å²) in [5.41, 5.74) is 7.62. The van der Waals surface area contributed by atoms with Crippen LogP contribution >= 0.6 is 0 Å². The Morgan fingerprint density at radius 2 is 2.28 bits per heavy atom. The van der Waals surface area contributed by atoms with Gasteiger partial charge in [-0.15, -0.1) is 0 Å². The van der Waals surface area contributed by atoms with Crippen LogP contribution in [-0.2, 0) is 0 Å². The minimum absolute atomic E-state index is 0.0720. The predicted molar refractivity (Wildman–Crippen MR) is 71.7 cm³/mol. The number of hydrogen-bond donors (Lipinski definition) is 3. The van der Waals surface area contributed by atoms with Gasteiger partial charge < -0.3 is 16.4 Å². The van der Waals surface area contributed by atoms with E-state index in [1.807, 2.05) is 19.9 Å². The Labute approximate surface area is 107 Å². The zero-order valence-electron chi connectivity index (χ0n) is 11.1. The van der Waals surface area contributed by atoms with Crippen molar-refractivity contribution in [1.29, 1.82) is 0 Å². The number of hydrogen-bond acceptors (Lipinski definition) is 4. The van der Waals surface area contributed by atoms with Gasteiger partial charge in [-0.05, 0) is 45.4 Å². The van der Waals surface area contributed by atoms with Crippen LogP contribution in [0, 0.1) is 13.8 Å². The number of nitrogens with one attached hydrogen (secondary N) is 2. The van der Waals surface area contributed by atoms with Crippen molar-refractivity contribution < 1.29 is 4.79 Å². The number of nitrogens with two attached hydrogens (primary N) is 1. The monoisotopic (exact) mass is 248 g/mol. The number of amides is 1. The summed E-state index contributed by atoms with van der Waals surface area (Å²) in [6.07, 6.45) is 1.000. The van der Waals surface area contributed by atoms with Crippen LogP contribution in [0.4, 0.5) is 5.82 Å². The molecule has 18 heavy (non-hydrogen) atoms. The summed E-state index contributed by atoms with van der Waals surface area (Å²) in [4.78, 5) is 16.0. The summed E-state index contributed by atoms with van der Waals surface area (Å²) < 4.78 is 0. The van der Waals surface area contributed by atoms with Crippen molar-refractivity contribution in [3.05, 3.63) is 22.9 Å². The minimum Gasteiger partial charge on any atom is -0.365 e. The van der Waals surface area contributed by atoms with Gasteiger partial charge in [0.2, 0.25) is 0 Å². The molecule has 0 bridgehead atoms. The largest absolute Gasteiger partial charge is 0.365 e. The number of nitrogens with zero attached hydrogens (tertiary/aromatic N) is 1. The Kier molecular flexibility index (Phi) is 3.26. The van der Waals surface area contributed by atoms with Gasteiger partial charge in [-0.25, -0.2) is 4.98 Å². The molecule has 5 heteroatoms. The molecule has 1 amide bonds. The van der Waals surface area contributed by atoms with Crippen molar-refractivity contribution in [3.8, 4) is 0 Å². The molecule has 1 aliphatic heterocycles. The van der Waals surface area contributed by atoms with E-state index in [0.29, 0.717) is 11.4 Å². The molecular weight excluding hydrogens is 228 g/mol. The van der Waals surface area contributed by atoms with Crippen LogP contribution in [0.15, 0.2) is 6.07 Å². The molecule has 0 saturated carbocycles. The quantitative estimate of drug-likeness (QED) is 0.744. The molecule has 1 saturated heterocycles. The molecule has 5 nitrogen and oxygen atoms in total. The van der Waals surface area contributed by atoms with Gasteiger partial charge in [-0.2, -0.15) is 0 Å². The first-order chi connectivity index (χ1) is 8.41. The van der Waals surface area contributed by atoms with Crippen LogP contribution in [-0.4, -0.2) is 29.5 Å². The zero-order chi connectivity index (χ0) is 13.3. The van der Waals surface area contributed by atoms with E-state index in [-0.39, 0.29) is 5.54 Å². The lowest BCUT2D eigenvalue weighted by molar-refractivity contribution is 0.1000. The first-order valence-electron chi connectivity index (χ1n) is 6.18. The molecule has 1 unspecified atom stereocenters. The van der Waals surface area contributed by atoms with E-state index in [9.17, 15) is 4.79 Å². The Hall–Kier alpha value is -1.62. The number of carbonyl (C=O) groups excluding carboxylic acids is 1. The number of aryl methyl sites for hydroxylation is 2. The van der Waals surface area contributed by atoms with E-state index in [1.54, 1.807) is 0 Å². The maximum Gasteiger partial charge on any atom is 0.252 e. The number of rotatable bonds is 3. The van der Waals surface area contributed by atoms with Gasteiger partial charge >= 0.3 is 0 Å². The molecule has 1 aromatic heterocycles. The Balaban J connectivity index is 2.39. The van der Waals surface area contributed by atoms with Crippen molar-refractivity contribution in [1.82, 2.24) is 10.3 Å². The zero-order valence-corrected chi connectivity index (χ0v) is 11.1. The maximum atomic E-state index is 11.6. The normalized spacial score (nSPS) is 23.1. The fourth-order valence-corrected chi connectivity index (χ4v) is 2.45. The number of primary amides is 1. The molecule has 98 valence electrons. The smallest absolute Gasteiger partial charge is 0.252 e. The van der Waals surface area contributed by atoms with Crippen molar-refractivity contribution in [2.75, 3.05) is 18.4 Å². The Morgan fingerprint density at radius 1 is 1.56 bits per heavy atom. The summed E-state index contributed by atoms with van der Waals surface area (Å²) in [5, 5.41) is 6.68. The molecule has 0 radical (unpaired) electrons. The van der Waals surface area contributed by atoms with Crippen molar-refractivity contribution in [2.24, 2.45) is 5.73 Å². The predicted octanol–water partition coefficient (Wildman–Crippen LogP) is 0.961. The lowest BCUT2D eigenvalue weighted by Gasteiger charge is -2.26. The highest BCUT2D eigenvalue weighted by molar-refractivity contribution is 5.99. The summed E-state index contributed by atoms with van der Waals surface area (Å²) in [7, 11) is 0. The molecule has 0 spiro atoms. The van der Waals surface area contributed by atoms with E-state index in [1.165, 1.54) is 0 Å². The second-order valence-electron chi connectivity index (χ2n) is 5.28. The van der Waals surface area contributed by atoms with Gasteiger partial charge in [0.05, 0.1) is 5.56 Å². The van der Waals surface area contributed by atoms with Gasteiger partial charge in [-0.1, -0.05) is 0 Å². The van der Waals surface area contributed by atoms with Crippen LogP contribution in [0.25, 0.3) is 0 Å². The van der Waals surface area contributed by atoms with Crippen LogP contribution in [0.1, 0.15) is 35.0 Å². The van der Waals surface area contributed by atoms with Crippen molar-refractivity contribution in [2.45, 2.75) is 32.7 Å². The second-order valence-corrected chi connectivity index (χ2v) is 5.28. The third kappa shape index (κ3) is 2.46. The van der Waals surface area contributed by atoms with E-state index < -0.39 is 5.91 Å². The van der Waals surface area contributed by atoms with E-state index in [2.05, 4.69) is 22.5 Å². The molecule has 1 aromatic rings. The van der Waals surface area contributed by atoms with Gasteiger partial charge in [0, 0.05) is 17.8 Å². The maximum absolute atomic E-state index is 11.6. The SMILES string of the molecule is Cc1cc(C)c(C(N)=O)c(NC2(C)CCNC2)n1. The van der Waals surface area contributed by atoms with Crippen molar-refractivity contribution >= 4 is 11.7 Å². The number of aromatic nitrogens is 1. The summed E-state index contributed by atoms with van der Waals surface area (Å²) >= 11 is 0. The highest BCUT2D eigenvalue weighted by Crippen LogP contribution is 2.24. The van der Waals surface area contributed by atoms with E-state index in [4.69, 9.17) is 5.73 Å². The number of pyridine rings is 1. The molecule has 4 N–H and O–H groups in total. The van der Waals surface area contributed by atoms with Gasteiger partial charge in [-0.3, -0.25) is 4.79 Å². The van der Waals surface area contributed by atoms with Gasteiger partial charge in [0.25, 0.3) is 5.91 Å². The molecular formula is C13H20N4O. The van der Waals surface area contributed by atoms with Crippen LogP contribution < -0.4 is 16.4 Å². The average Bonchev–Trinajstić information content (AvgIpc) is 2.62. The molecule has 1 aliphatic rings. The van der Waals surface area contributed by atoms with Crippen molar-refractivity contribution in [3.63, 3.8) is 0 Å². The molecule has 0 aromatic carbocycles. The molecule has 2 rings (SSSR count). The molecule has 1 atom stereocenters. The minimum atomic E-state index is -0.433. The topological polar surface area (TPSA) is 80.0 Å². The van der Waals surface area contributed by atoms with E-state index >= 15 is 0 Å². The first-order valence-corrected chi connectivity index (χ1v) is 6.18. The fraction of sp³-hybridized carbons (Fsp3) is 0.538. The van der Waals surface area contributed by atoms with Crippen LogP contribution in [0.2, 0.25) is 0 Å². The van der Waals surface area contributed by atoms with Gasteiger partial charge in [0.15, 0.2) is 0 Å². The highest BCUT2D eigenvalue weighted by Gasteiger charge is 2.30. The third-order valence-corrected chi connectivity index (χ3v) is 3.38. The van der Waals surface area contributed by atoms with Gasteiger partial charge in [0.1, 0.15) is 5.82 Å². The van der Waals surface area contributed by atoms with Crippen LogP contribution in [0.5, 0.6) is 0 Å². The first kappa shape index (κ1) is 12.8. The average molecular weight is 248 g/mol. The number of anilines is 1. The lowest BCUT2D eigenvalue weighted by Crippen LogP contribution is -2.38. The summed E-state index contributed by atoms with van der Waals surface area (Å²) in [6, 6.07) is 1.88. The lowest BCUT2D eigenvalue weighted by atomic mass is 10.0. The summed E-state index contributed by atoms with van der Waals surface area (Å²) in [5.74, 6) is 0.170. The molecule has 2 heterocycles. The summed E-state index contributed by atoms with van der Waals surface area (Å²) in [6.45, 7) is 7.75. The Bertz CT molecular complexity index is 478. The third-order valence-electron chi connectivity index (χ3n) is 3.38. The molecule has 0 aliphatic carbocycles. The molecule has 1 fully saturated rings. The standard InChI is InChI=1S/C13H20N4O/c1-8-6-9(2)16-12(10(8)11(14)18)17-13(3)4-5-15-7-13/h6,15H,4-5,7H2,1-3H3,(H2,14,18)(H,16,17). The van der Waals surface area contributed by atoms with E-state index in [0.717, 1.165) is 30.8 Å². The number of carbonyl (C=O) groups is 1. The highest BCUT2D eigenvalue weighted by atomic mass is 16.1. The fourth-order valence-electron chi connectivity index (χ4n) is 2.45. The van der Waals surface area contributed by atoms with Crippen LogP contribution in [0.3, 0.4) is 0 Å². The second kappa shape index (κ2) is 4.57.